The number of benzene rings is 1. The van der Waals surface area contributed by atoms with E-state index < -0.39 is 12.2 Å². The van der Waals surface area contributed by atoms with E-state index in [0.717, 1.165) is 22.4 Å². The summed E-state index contributed by atoms with van der Waals surface area (Å²) in [6.07, 6.45) is -1.15. The summed E-state index contributed by atoms with van der Waals surface area (Å²) >= 11 is 1.65. The van der Waals surface area contributed by atoms with Crippen LogP contribution in [0.25, 0.3) is 11.1 Å². The maximum absolute atomic E-state index is 11.2. The lowest BCUT2D eigenvalue weighted by atomic mass is 9.80. The molecule has 21 heavy (non-hydrogen) atoms. The number of nitrogens with two attached hydrogens (primary N) is 1. The Bertz CT molecular complexity index is 664. The van der Waals surface area contributed by atoms with Crippen molar-refractivity contribution in [2.45, 2.75) is 20.0 Å². The van der Waals surface area contributed by atoms with Crippen LogP contribution < -0.4 is 10.5 Å². The molecule has 1 aromatic carbocycles. The van der Waals surface area contributed by atoms with E-state index in [9.17, 15) is 4.79 Å². The fourth-order valence-electron chi connectivity index (χ4n) is 2.58. The van der Waals surface area contributed by atoms with Gasteiger partial charge < -0.3 is 15.2 Å². The molecule has 2 heterocycles. The molecule has 3 rings (SSSR count). The topological polar surface area (TPSA) is 61.6 Å². The predicted molar refractivity (Wildman–Crippen MR) is 82.4 cm³/mol. The Balaban J connectivity index is 2.02. The van der Waals surface area contributed by atoms with Crippen LogP contribution in [-0.2, 0) is 4.74 Å². The van der Waals surface area contributed by atoms with Gasteiger partial charge in [-0.2, -0.15) is 11.3 Å². The van der Waals surface area contributed by atoms with Gasteiger partial charge in [-0.05, 0) is 34.0 Å². The van der Waals surface area contributed by atoms with Crippen LogP contribution in [0.3, 0.4) is 0 Å². The van der Waals surface area contributed by atoms with Crippen molar-refractivity contribution in [3.63, 3.8) is 0 Å². The van der Waals surface area contributed by atoms with Gasteiger partial charge in [0.2, 0.25) is 0 Å². The van der Waals surface area contributed by atoms with Crippen LogP contribution in [0, 0.1) is 5.41 Å². The smallest absolute Gasteiger partial charge is 0.405 e. The highest BCUT2D eigenvalue weighted by Gasteiger charge is 2.40. The van der Waals surface area contributed by atoms with Gasteiger partial charge in [0.25, 0.3) is 0 Å². The molecule has 1 atom stereocenters. The maximum Gasteiger partial charge on any atom is 0.405 e. The number of ether oxygens (including phenoxy) is 2. The molecule has 1 aromatic heterocycles. The third-order valence-corrected chi connectivity index (χ3v) is 4.38. The highest BCUT2D eigenvalue weighted by molar-refractivity contribution is 7.08. The van der Waals surface area contributed by atoms with E-state index in [4.69, 9.17) is 15.2 Å². The summed E-state index contributed by atoms with van der Waals surface area (Å²) in [6, 6.07) is 8.03. The lowest BCUT2D eigenvalue weighted by Crippen LogP contribution is -2.37. The number of primary amides is 1. The van der Waals surface area contributed by atoms with E-state index in [-0.39, 0.29) is 5.41 Å². The third-order valence-electron chi connectivity index (χ3n) is 3.69. The molecule has 110 valence electrons. The van der Waals surface area contributed by atoms with Crippen molar-refractivity contribution in [2.24, 2.45) is 11.1 Å². The van der Waals surface area contributed by atoms with E-state index >= 15 is 0 Å². The third kappa shape index (κ3) is 2.61. The van der Waals surface area contributed by atoms with Crippen LogP contribution in [0.4, 0.5) is 4.79 Å². The molecular weight excluding hydrogens is 286 g/mol. The molecule has 1 amide bonds. The van der Waals surface area contributed by atoms with Gasteiger partial charge in [0.05, 0.1) is 6.61 Å². The van der Waals surface area contributed by atoms with Crippen molar-refractivity contribution < 1.29 is 14.3 Å². The van der Waals surface area contributed by atoms with Crippen molar-refractivity contribution >= 4 is 17.4 Å². The maximum atomic E-state index is 11.2. The Morgan fingerprint density at radius 1 is 1.38 bits per heavy atom. The first-order chi connectivity index (χ1) is 9.97. The minimum absolute atomic E-state index is 0.314. The van der Waals surface area contributed by atoms with Crippen LogP contribution in [0.2, 0.25) is 0 Å². The van der Waals surface area contributed by atoms with Crippen molar-refractivity contribution in [1.29, 1.82) is 0 Å². The molecule has 5 heteroatoms. The van der Waals surface area contributed by atoms with E-state index in [1.165, 1.54) is 0 Å². The summed E-state index contributed by atoms with van der Waals surface area (Å²) in [5.74, 6) is 0.754. The lowest BCUT2D eigenvalue weighted by molar-refractivity contribution is -0.0176. The highest BCUT2D eigenvalue weighted by atomic mass is 32.1. The zero-order chi connectivity index (χ0) is 15.0. The van der Waals surface area contributed by atoms with Crippen molar-refractivity contribution in [3.05, 3.63) is 40.6 Å². The summed E-state index contributed by atoms with van der Waals surface area (Å²) < 4.78 is 11.2. The number of hydrogen-bond acceptors (Lipinski definition) is 4. The molecule has 1 aliphatic heterocycles. The molecule has 2 aromatic rings. The zero-order valence-electron chi connectivity index (χ0n) is 12.0. The minimum atomic E-state index is -0.761. The predicted octanol–water partition coefficient (Wildman–Crippen LogP) is 3.97. The van der Waals surface area contributed by atoms with Gasteiger partial charge in [-0.25, -0.2) is 4.79 Å². The van der Waals surface area contributed by atoms with Crippen LogP contribution in [0.1, 0.15) is 25.5 Å². The van der Waals surface area contributed by atoms with Gasteiger partial charge in [0.15, 0.2) is 0 Å². The number of carbonyl (C=O) groups is 1. The Morgan fingerprint density at radius 3 is 2.86 bits per heavy atom. The summed E-state index contributed by atoms with van der Waals surface area (Å²) in [5.41, 5.74) is 8.01. The fraction of sp³-hybridized carbons (Fsp3) is 0.312. The molecule has 0 bridgehead atoms. The molecule has 4 nitrogen and oxygen atoms in total. The average molecular weight is 303 g/mol. The number of rotatable bonds is 2. The van der Waals surface area contributed by atoms with Gasteiger partial charge in [-0.3, -0.25) is 0 Å². The van der Waals surface area contributed by atoms with E-state index in [0.29, 0.717) is 6.61 Å². The first kappa shape index (κ1) is 13.9. The first-order valence-corrected chi connectivity index (χ1v) is 7.67. The molecule has 0 saturated carbocycles. The Morgan fingerprint density at radius 2 is 2.19 bits per heavy atom. The van der Waals surface area contributed by atoms with Crippen molar-refractivity contribution in [3.8, 4) is 16.9 Å². The van der Waals surface area contributed by atoms with Crippen LogP contribution in [0.15, 0.2) is 35.0 Å². The molecule has 0 radical (unpaired) electrons. The quantitative estimate of drug-likeness (QED) is 0.913. The van der Waals surface area contributed by atoms with Gasteiger partial charge in [0, 0.05) is 11.0 Å². The Hall–Kier alpha value is -2.01. The molecular formula is C16H17NO3S. The zero-order valence-corrected chi connectivity index (χ0v) is 12.8. The van der Waals surface area contributed by atoms with E-state index in [1.54, 1.807) is 11.3 Å². The molecule has 0 aliphatic carbocycles. The van der Waals surface area contributed by atoms with Crippen LogP contribution in [0.5, 0.6) is 5.75 Å². The lowest BCUT2D eigenvalue weighted by Gasteiger charge is -2.38. The van der Waals surface area contributed by atoms with Crippen LogP contribution in [-0.4, -0.2) is 12.7 Å². The van der Waals surface area contributed by atoms with E-state index in [1.807, 2.05) is 37.4 Å². The van der Waals surface area contributed by atoms with Crippen LogP contribution >= 0.6 is 11.3 Å². The second-order valence-electron chi connectivity index (χ2n) is 5.86. The van der Waals surface area contributed by atoms with Gasteiger partial charge in [-0.15, -0.1) is 0 Å². The number of fused-ring (bicyclic) bond motifs is 1. The average Bonchev–Trinajstić information content (AvgIpc) is 2.95. The highest BCUT2D eigenvalue weighted by Crippen LogP contribution is 2.46. The second kappa shape index (κ2) is 5.07. The van der Waals surface area contributed by atoms with E-state index in [2.05, 4.69) is 11.4 Å². The molecule has 1 aliphatic rings. The van der Waals surface area contributed by atoms with Gasteiger partial charge in [0.1, 0.15) is 11.9 Å². The molecule has 0 spiro atoms. The van der Waals surface area contributed by atoms with Crippen molar-refractivity contribution in [1.82, 2.24) is 0 Å². The first-order valence-electron chi connectivity index (χ1n) is 6.73. The molecule has 0 saturated heterocycles. The standard InChI is InChI=1S/C16H17NO3S/c1-16(2)9-19-13-7-10(11-5-6-21-8-11)3-4-12(13)14(16)20-15(17)18/h3-8,14H,9H2,1-2H3,(H2,17,18). The number of thiophene rings is 1. The SMILES string of the molecule is CC1(C)COc2cc(-c3ccsc3)ccc2C1OC(N)=O. The normalized spacial score (nSPS) is 19.4. The minimum Gasteiger partial charge on any atom is -0.492 e. The van der Waals surface area contributed by atoms with Gasteiger partial charge >= 0.3 is 6.09 Å². The number of carbonyl (C=O) groups excluding carboxylic acids is 1. The summed E-state index contributed by atoms with van der Waals surface area (Å²) in [4.78, 5) is 11.2. The van der Waals surface area contributed by atoms with Crippen molar-refractivity contribution in [2.75, 3.05) is 6.61 Å². The molecule has 0 fully saturated rings. The second-order valence-corrected chi connectivity index (χ2v) is 6.64. The monoisotopic (exact) mass is 303 g/mol. The Kier molecular flexibility index (Phi) is 3.37. The largest absolute Gasteiger partial charge is 0.492 e. The Labute approximate surface area is 127 Å². The number of hydrogen-bond donors (Lipinski definition) is 1. The summed E-state index contributed by atoms with van der Waals surface area (Å²) in [6.45, 7) is 4.47. The van der Waals surface area contributed by atoms with Gasteiger partial charge in [-0.1, -0.05) is 26.0 Å². The fourth-order valence-corrected chi connectivity index (χ4v) is 3.25. The number of amides is 1. The molecule has 2 N–H and O–H groups in total. The summed E-state index contributed by atoms with van der Waals surface area (Å²) in [5, 5.41) is 4.13. The summed E-state index contributed by atoms with van der Waals surface area (Å²) in [7, 11) is 0. The molecule has 1 unspecified atom stereocenters.